The van der Waals surface area contributed by atoms with Gasteiger partial charge in [0.05, 0.1) is 7.85 Å². The quantitative estimate of drug-likeness (QED) is 0.519. The van der Waals surface area contributed by atoms with Crippen molar-refractivity contribution in [2.75, 3.05) is 6.61 Å². The molecule has 0 atom stereocenters. The van der Waals surface area contributed by atoms with Gasteiger partial charge in [0.15, 0.2) is 0 Å². The van der Waals surface area contributed by atoms with Crippen LogP contribution in [0.2, 0.25) is 5.82 Å². The van der Waals surface area contributed by atoms with Crippen molar-refractivity contribution in [3.8, 4) is 0 Å². The van der Waals surface area contributed by atoms with Gasteiger partial charge in [-0.05, 0) is 18.8 Å². The van der Waals surface area contributed by atoms with Crippen LogP contribution in [0, 0.1) is 5.92 Å². The van der Waals surface area contributed by atoms with Crippen molar-refractivity contribution >= 4 is 7.85 Å². The van der Waals surface area contributed by atoms with Gasteiger partial charge >= 0.3 is 0 Å². The second-order valence-electron chi connectivity index (χ2n) is 2.96. The highest BCUT2D eigenvalue weighted by atomic mass is 16.3. The second kappa shape index (κ2) is 3.26. The molecule has 0 aromatic rings. The molecule has 2 radical (unpaired) electrons. The number of rotatable bonds is 1. The fraction of sp³-hybridized carbons (Fsp3) is 1.00. The molecule has 9 heavy (non-hydrogen) atoms. The van der Waals surface area contributed by atoms with Crippen LogP contribution in [0.3, 0.4) is 0 Å². The van der Waals surface area contributed by atoms with E-state index in [9.17, 15) is 0 Å². The molecule has 2 heteroatoms. The Bertz CT molecular complexity index is 77.0. The van der Waals surface area contributed by atoms with Gasteiger partial charge in [-0.3, -0.25) is 0 Å². The zero-order chi connectivity index (χ0) is 6.69. The summed E-state index contributed by atoms with van der Waals surface area (Å²) in [6.07, 6.45) is 4.45. The van der Waals surface area contributed by atoms with E-state index in [4.69, 9.17) is 13.0 Å². The Hall–Kier alpha value is 0.0249. The summed E-state index contributed by atoms with van der Waals surface area (Å²) < 4.78 is 0. The van der Waals surface area contributed by atoms with E-state index in [2.05, 4.69) is 0 Å². The Balaban J connectivity index is 2.18. The van der Waals surface area contributed by atoms with Crippen LogP contribution in [0.5, 0.6) is 0 Å². The minimum Gasteiger partial charge on any atom is -0.396 e. The molecule has 0 heterocycles. The molecule has 0 saturated heterocycles. The normalized spacial score (nSPS) is 36.6. The van der Waals surface area contributed by atoms with Crippen molar-refractivity contribution in [3.05, 3.63) is 0 Å². The Kier molecular flexibility index (Phi) is 2.58. The van der Waals surface area contributed by atoms with Crippen molar-refractivity contribution in [1.82, 2.24) is 0 Å². The minimum absolute atomic E-state index is 0.354. The van der Waals surface area contributed by atoms with Crippen molar-refractivity contribution in [2.24, 2.45) is 5.92 Å². The van der Waals surface area contributed by atoms with Gasteiger partial charge in [-0.1, -0.05) is 18.7 Å². The fourth-order valence-corrected chi connectivity index (χ4v) is 1.37. The zero-order valence-electron chi connectivity index (χ0n) is 5.71. The third-order valence-electron chi connectivity index (χ3n) is 2.15. The molecule has 0 aromatic heterocycles. The molecular formula is C7H13BO. The predicted octanol–water partition coefficient (Wildman–Crippen LogP) is 1.13. The summed E-state index contributed by atoms with van der Waals surface area (Å²) in [4.78, 5) is 0. The van der Waals surface area contributed by atoms with Crippen molar-refractivity contribution in [3.63, 3.8) is 0 Å². The molecule has 50 valence electrons. The molecule has 1 N–H and O–H groups in total. The van der Waals surface area contributed by atoms with E-state index in [0.717, 1.165) is 25.7 Å². The van der Waals surface area contributed by atoms with E-state index >= 15 is 0 Å². The van der Waals surface area contributed by atoms with Gasteiger partial charge in [0, 0.05) is 6.61 Å². The van der Waals surface area contributed by atoms with Crippen LogP contribution in [0.4, 0.5) is 0 Å². The summed E-state index contributed by atoms with van der Waals surface area (Å²) in [6, 6.07) is 0. The predicted molar refractivity (Wildman–Crippen MR) is 38.5 cm³/mol. The summed E-state index contributed by atoms with van der Waals surface area (Å²) in [7, 11) is 5.67. The molecule has 1 aliphatic rings. The summed E-state index contributed by atoms with van der Waals surface area (Å²) >= 11 is 0. The van der Waals surface area contributed by atoms with Crippen LogP contribution < -0.4 is 0 Å². The maximum absolute atomic E-state index is 8.74. The summed E-state index contributed by atoms with van der Waals surface area (Å²) in [6.45, 7) is 0.354. The van der Waals surface area contributed by atoms with Crippen molar-refractivity contribution in [2.45, 2.75) is 31.5 Å². The molecule has 0 bridgehead atoms. The largest absolute Gasteiger partial charge is 0.396 e. The first kappa shape index (κ1) is 7.14. The van der Waals surface area contributed by atoms with Gasteiger partial charge in [0.25, 0.3) is 0 Å². The topological polar surface area (TPSA) is 20.2 Å². The van der Waals surface area contributed by atoms with E-state index in [1.807, 2.05) is 0 Å². The lowest BCUT2D eigenvalue weighted by Crippen LogP contribution is -2.13. The van der Waals surface area contributed by atoms with Crippen molar-refractivity contribution in [1.29, 1.82) is 0 Å². The van der Waals surface area contributed by atoms with Crippen LogP contribution in [-0.2, 0) is 0 Å². The molecule has 1 saturated carbocycles. The molecule has 0 aromatic carbocycles. The number of hydrogen-bond donors (Lipinski definition) is 1. The molecule has 0 aliphatic heterocycles. The Morgan fingerprint density at radius 1 is 1.22 bits per heavy atom. The maximum atomic E-state index is 8.74. The number of aliphatic hydroxyl groups excluding tert-OH is 1. The summed E-state index contributed by atoms with van der Waals surface area (Å²) in [5, 5.41) is 8.74. The van der Waals surface area contributed by atoms with Gasteiger partial charge in [-0.15, -0.1) is 0 Å². The molecule has 1 fully saturated rings. The number of hydrogen-bond acceptors (Lipinski definition) is 1. The SMILES string of the molecule is [B]C1CCC(CO)CC1. The highest BCUT2D eigenvalue weighted by Gasteiger charge is 2.16. The maximum Gasteiger partial charge on any atom is 0.0699 e. The minimum atomic E-state index is 0.354. The Morgan fingerprint density at radius 2 is 1.78 bits per heavy atom. The molecule has 0 spiro atoms. The molecule has 1 aliphatic carbocycles. The Morgan fingerprint density at radius 3 is 2.22 bits per heavy atom. The molecular weight excluding hydrogens is 111 g/mol. The third-order valence-corrected chi connectivity index (χ3v) is 2.15. The van der Waals surface area contributed by atoms with E-state index in [1.54, 1.807) is 0 Å². The van der Waals surface area contributed by atoms with E-state index in [-0.39, 0.29) is 0 Å². The van der Waals surface area contributed by atoms with Gasteiger partial charge in [-0.2, -0.15) is 0 Å². The first-order valence-corrected chi connectivity index (χ1v) is 3.69. The molecule has 0 unspecified atom stereocenters. The Labute approximate surface area is 57.9 Å². The van der Waals surface area contributed by atoms with E-state index < -0.39 is 0 Å². The van der Waals surface area contributed by atoms with E-state index in [1.165, 1.54) is 0 Å². The monoisotopic (exact) mass is 124 g/mol. The molecule has 1 nitrogen and oxygen atoms in total. The first-order valence-electron chi connectivity index (χ1n) is 3.69. The lowest BCUT2D eigenvalue weighted by atomic mass is 9.72. The van der Waals surface area contributed by atoms with Gasteiger partial charge in [0.2, 0.25) is 0 Å². The summed E-state index contributed by atoms with van der Waals surface area (Å²) in [5.41, 5.74) is 0. The molecule has 1 rings (SSSR count). The van der Waals surface area contributed by atoms with Crippen LogP contribution in [0.25, 0.3) is 0 Å². The highest BCUT2D eigenvalue weighted by molar-refractivity contribution is 6.11. The smallest absolute Gasteiger partial charge is 0.0699 e. The second-order valence-corrected chi connectivity index (χ2v) is 2.96. The van der Waals surface area contributed by atoms with Crippen molar-refractivity contribution < 1.29 is 5.11 Å². The van der Waals surface area contributed by atoms with Crippen LogP contribution >= 0.6 is 0 Å². The standard InChI is InChI=1S/C7H13BO/c8-7-3-1-6(5-9)2-4-7/h6-7,9H,1-5H2. The first-order chi connectivity index (χ1) is 4.33. The average molecular weight is 124 g/mol. The fourth-order valence-electron chi connectivity index (χ4n) is 1.37. The van der Waals surface area contributed by atoms with Gasteiger partial charge in [0.1, 0.15) is 0 Å². The van der Waals surface area contributed by atoms with Gasteiger partial charge in [-0.25, -0.2) is 0 Å². The highest BCUT2D eigenvalue weighted by Crippen LogP contribution is 2.29. The van der Waals surface area contributed by atoms with Crippen LogP contribution in [0.1, 0.15) is 25.7 Å². The van der Waals surface area contributed by atoms with Gasteiger partial charge < -0.3 is 5.11 Å². The zero-order valence-corrected chi connectivity index (χ0v) is 5.71. The van der Waals surface area contributed by atoms with E-state index in [0.29, 0.717) is 18.3 Å². The lowest BCUT2D eigenvalue weighted by molar-refractivity contribution is 0.190. The van der Waals surface area contributed by atoms with Crippen LogP contribution in [0.15, 0.2) is 0 Å². The average Bonchev–Trinajstić information content (AvgIpc) is 1.90. The number of aliphatic hydroxyl groups is 1. The lowest BCUT2D eigenvalue weighted by Gasteiger charge is -2.24. The third kappa shape index (κ3) is 2.01. The molecule has 0 amide bonds. The van der Waals surface area contributed by atoms with Crippen LogP contribution in [-0.4, -0.2) is 19.6 Å². The summed E-state index contributed by atoms with van der Waals surface area (Å²) in [5.74, 6) is 0.956.